The molecule has 2 saturated heterocycles. The fourth-order valence-corrected chi connectivity index (χ4v) is 5.32. The monoisotopic (exact) mass is 348 g/mol. The first-order valence-corrected chi connectivity index (χ1v) is 10.2. The summed E-state index contributed by atoms with van der Waals surface area (Å²) in [5.41, 5.74) is 0.374. The zero-order valence-electron chi connectivity index (χ0n) is 15.4. The summed E-state index contributed by atoms with van der Waals surface area (Å²) in [7, 11) is 0. The Morgan fingerprint density at radius 1 is 1.40 bits per heavy atom. The number of fused-ring (bicyclic) bond motifs is 2. The Balaban J connectivity index is 1.30. The molecule has 1 spiro atoms. The van der Waals surface area contributed by atoms with Gasteiger partial charge >= 0.3 is 0 Å². The molecule has 0 bridgehead atoms. The number of carbonyl (C=O) groups excluding carboxylic acids is 1. The average molecular weight is 348 g/mol. The number of aliphatic imine (C=N–C) groups is 1. The first-order valence-electron chi connectivity index (χ1n) is 10.2. The van der Waals surface area contributed by atoms with Crippen LogP contribution < -0.4 is 10.6 Å². The number of nitrogens with zero attached hydrogens (tertiary/aromatic N) is 2. The van der Waals surface area contributed by atoms with Crippen molar-refractivity contribution in [2.45, 2.75) is 64.0 Å². The third-order valence-corrected chi connectivity index (χ3v) is 6.70. The van der Waals surface area contributed by atoms with Gasteiger partial charge in [-0.2, -0.15) is 0 Å². The van der Waals surface area contributed by atoms with Crippen molar-refractivity contribution < 1.29 is 9.53 Å². The SMILES string of the molecule is CCNC(=NCCCN1CCCC1=O)NC1C2CCOC2C12CCC2. The largest absolute Gasteiger partial charge is 0.377 e. The summed E-state index contributed by atoms with van der Waals surface area (Å²) in [5, 5.41) is 7.14. The van der Waals surface area contributed by atoms with Crippen LogP contribution in [0.3, 0.4) is 0 Å². The summed E-state index contributed by atoms with van der Waals surface area (Å²) in [6.07, 6.45) is 8.27. The van der Waals surface area contributed by atoms with Crippen LogP contribution in [0, 0.1) is 11.3 Å². The lowest BCUT2D eigenvalue weighted by atomic mass is 9.46. The molecule has 1 amide bonds. The molecule has 3 unspecified atom stereocenters. The molecule has 2 aliphatic heterocycles. The van der Waals surface area contributed by atoms with Gasteiger partial charge in [0.15, 0.2) is 5.96 Å². The molecule has 0 aromatic rings. The average Bonchev–Trinajstić information content (AvgIpc) is 3.15. The van der Waals surface area contributed by atoms with Crippen molar-refractivity contribution in [2.24, 2.45) is 16.3 Å². The molecule has 4 aliphatic rings. The molecule has 4 rings (SSSR count). The van der Waals surface area contributed by atoms with E-state index in [0.29, 0.717) is 29.4 Å². The van der Waals surface area contributed by atoms with Gasteiger partial charge in [0.25, 0.3) is 0 Å². The normalized spacial score (nSPS) is 33.2. The first kappa shape index (κ1) is 17.1. The van der Waals surface area contributed by atoms with Crippen LogP contribution in [0.2, 0.25) is 0 Å². The van der Waals surface area contributed by atoms with E-state index in [1.807, 2.05) is 4.90 Å². The maximum Gasteiger partial charge on any atom is 0.222 e. The second kappa shape index (κ2) is 7.14. The Bertz CT molecular complexity index is 532. The minimum Gasteiger partial charge on any atom is -0.377 e. The van der Waals surface area contributed by atoms with Gasteiger partial charge in [-0.1, -0.05) is 6.42 Å². The predicted octanol–water partition coefficient (Wildman–Crippen LogP) is 1.51. The van der Waals surface area contributed by atoms with Gasteiger partial charge in [0.1, 0.15) is 0 Å². The number of hydrogen-bond acceptors (Lipinski definition) is 3. The smallest absolute Gasteiger partial charge is 0.222 e. The van der Waals surface area contributed by atoms with E-state index in [4.69, 9.17) is 9.73 Å². The second-order valence-electron chi connectivity index (χ2n) is 8.05. The Morgan fingerprint density at radius 2 is 2.28 bits per heavy atom. The number of ether oxygens (including phenoxy) is 1. The van der Waals surface area contributed by atoms with Crippen LogP contribution in [0.1, 0.15) is 51.9 Å². The van der Waals surface area contributed by atoms with Gasteiger partial charge < -0.3 is 20.3 Å². The number of nitrogens with one attached hydrogen (secondary N) is 2. The molecule has 0 aromatic carbocycles. The summed E-state index contributed by atoms with van der Waals surface area (Å²) in [5.74, 6) is 1.91. The summed E-state index contributed by atoms with van der Waals surface area (Å²) < 4.78 is 6.01. The fourth-order valence-electron chi connectivity index (χ4n) is 5.32. The molecule has 3 atom stereocenters. The fraction of sp³-hybridized carbons (Fsp3) is 0.895. The molecular formula is C19H32N4O2. The molecule has 2 N–H and O–H groups in total. The Labute approximate surface area is 150 Å². The zero-order chi connectivity index (χ0) is 17.3. The van der Waals surface area contributed by atoms with Gasteiger partial charge in [-0.3, -0.25) is 9.79 Å². The zero-order valence-corrected chi connectivity index (χ0v) is 15.4. The van der Waals surface area contributed by atoms with Crippen LogP contribution in [0.5, 0.6) is 0 Å². The lowest BCUT2D eigenvalue weighted by Crippen LogP contribution is -2.72. The van der Waals surface area contributed by atoms with Crippen molar-refractivity contribution in [3.8, 4) is 0 Å². The van der Waals surface area contributed by atoms with Gasteiger partial charge in [0.05, 0.1) is 6.10 Å². The van der Waals surface area contributed by atoms with E-state index >= 15 is 0 Å². The highest BCUT2D eigenvalue weighted by Gasteiger charge is 2.66. The molecule has 25 heavy (non-hydrogen) atoms. The predicted molar refractivity (Wildman–Crippen MR) is 97.5 cm³/mol. The summed E-state index contributed by atoms with van der Waals surface area (Å²) in [4.78, 5) is 18.4. The van der Waals surface area contributed by atoms with E-state index in [1.165, 1.54) is 25.7 Å². The maximum absolute atomic E-state index is 11.7. The van der Waals surface area contributed by atoms with E-state index in [-0.39, 0.29) is 0 Å². The molecule has 2 heterocycles. The van der Waals surface area contributed by atoms with E-state index in [2.05, 4.69) is 17.6 Å². The van der Waals surface area contributed by atoms with Gasteiger partial charge in [-0.15, -0.1) is 0 Å². The Kier molecular flexibility index (Phi) is 4.89. The lowest BCUT2D eigenvalue weighted by molar-refractivity contribution is -0.171. The minimum atomic E-state index is 0.308. The molecule has 6 nitrogen and oxygen atoms in total. The van der Waals surface area contributed by atoms with E-state index in [0.717, 1.165) is 58.0 Å². The van der Waals surface area contributed by atoms with E-state index in [9.17, 15) is 4.79 Å². The van der Waals surface area contributed by atoms with Crippen LogP contribution >= 0.6 is 0 Å². The molecule has 2 saturated carbocycles. The molecule has 2 aliphatic carbocycles. The first-order chi connectivity index (χ1) is 12.2. The van der Waals surface area contributed by atoms with Crippen molar-refractivity contribution in [2.75, 3.05) is 32.8 Å². The van der Waals surface area contributed by atoms with Crippen molar-refractivity contribution in [1.82, 2.24) is 15.5 Å². The Hall–Kier alpha value is -1.30. The Morgan fingerprint density at radius 3 is 2.96 bits per heavy atom. The molecular weight excluding hydrogens is 316 g/mol. The number of amides is 1. The number of likely N-dealkylation sites (tertiary alicyclic amines) is 1. The highest BCUT2D eigenvalue weighted by molar-refractivity contribution is 5.80. The molecule has 0 aromatic heterocycles. The van der Waals surface area contributed by atoms with Crippen molar-refractivity contribution in [3.05, 3.63) is 0 Å². The van der Waals surface area contributed by atoms with E-state index < -0.39 is 0 Å². The topological polar surface area (TPSA) is 66.0 Å². The number of guanidine groups is 1. The van der Waals surface area contributed by atoms with Crippen molar-refractivity contribution in [3.63, 3.8) is 0 Å². The number of carbonyl (C=O) groups is 1. The number of hydrogen-bond donors (Lipinski definition) is 2. The van der Waals surface area contributed by atoms with Crippen LogP contribution in [-0.2, 0) is 9.53 Å². The van der Waals surface area contributed by atoms with Crippen molar-refractivity contribution >= 4 is 11.9 Å². The second-order valence-corrected chi connectivity index (χ2v) is 8.05. The van der Waals surface area contributed by atoms with Crippen LogP contribution in [0.4, 0.5) is 0 Å². The molecule has 4 fully saturated rings. The highest BCUT2D eigenvalue weighted by atomic mass is 16.5. The third kappa shape index (κ3) is 3.03. The quantitative estimate of drug-likeness (QED) is 0.434. The van der Waals surface area contributed by atoms with Gasteiger partial charge in [-0.25, -0.2) is 0 Å². The standard InChI is InChI=1S/C19H32N4O2/c1-2-20-18(21-10-5-12-23-11-3-6-15(23)24)22-16-14-7-13-25-17(14)19(16)8-4-9-19/h14,16-17H,2-13H2,1H3,(H2,20,21,22). The molecule has 140 valence electrons. The third-order valence-electron chi connectivity index (χ3n) is 6.70. The summed E-state index contributed by atoms with van der Waals surface area (Å²) >= 11 is 0. The summed E-state index contributed by atoms with van der Waals surface area (Å²) in [6, 6.07) is 0.520. The highest BCUT2D eigenvalue weighted by Crippen LogP contribution is 2.62. The van der Waals surface area contributed by atoms with Gasteiger partial charge in [0.2, 0.25) is 5.91 Å². The lowest BCUT2D eigenvalue weighted by Gasteiger charge is -2.63. The minimum absolute atomic E-state index is 0.308. The van der Waals surface area contributed by atoms with Gasteiger partial charge in [0, 0.05) is 56.6 Å². The van der Waals surface area contributed by atoms with Gasteiger partial charge in [-0.05, 0) is 39.0 Å². The number of rotatable bonds is 6. The summed E-state index contributed by atoms with van der Waals surface area (Å²) in [6.45, 7) is 6.45. The molecule has 6 heteroatoms. The van der Waals surface area contributed by atoms with Crippen molar-refractivity contribution in [1.29, 1.82) is 0 Å². The van der Waals surface area contributed by atoms with Crippen LogP contribution in [0.15, 0.2) is 4.99 Å². The van der Waals surface area contributed by atoms with Crippen LogP contribution in [0.25, 0.3) is 0 Å². The van der Waals surface area contributed by atoms with E-state index in [1.54, 1.807) is 0 Å². The van der Waals surface area contributed by atoms with Crippen LogP contribution in [-0.4, -0.2) is 61.7 Å². The maximum atomic E-state index is 11.7. The molecule has 0 radical (unpaired) electrons.